The van der Waals surface area contributed by atoms with Crippen LogP contribution in [0.1, 0.15) is 79.1 Å². The Kier molecular flexibility index (Phi) is 8.71. The molecule has 0 fully saturated rings. The summed E-state index contributed by atoms with van der Waals surface area (Å²) in [6.45, 7) is 10.9. The number of nitrogens with zero attached hydrogens (tertiary/aromatic N) is 1. The highest BCUT2D eigenvalue weighted by Gasteiger charge is 2.38. The third-order valence-electron chi connectivity index (χ3n) is 9.44. The lowest BCUT2D eigenvalue weighted by Crippen LogP contribution is -2.30. The van der Waals surface area contributed by atoms with Crippen molar-refractivity contribution < 1.29 is 5.11 Å². The van der Waals surface area contributed by atoms with E-state index in [-0.39, 0.29) is 16.6 Å². The molecule has 2 nitrogen and oxygen atoms in total. The van der Waals surface area contributed by atoms with Crippen LogP contribution in [0.15, 0.2) is 163 Å². The average molecular weight is 614 g/mol. The Labute approximate surface area is 280 Å². The Morgan fingerprint density at radius 3 is 1.30 bits per heavy atom. The van der Waals surface area contributed by atoms with E-state index in [0.29, 0.717) is 5.56 Å². The van der Waals surface area contributed by atoms with Crippen LogP contribution in [-0.4, -0.2) is 11.3 Å². The fraction of sp³-hybridized carbons (Fsp3) is 0.178. The van der Waals surface area contributed by atoms with Crippen LogP contribution in [0.3, 0.4) is 0 Å². The maximum atomic E-state index is 11.5. The molecule has 6 aromatic rings. The number of benzene rings is 6. The molecule has 1 N–H and O–H groups in total. The molecule has 0 heterocycles. The molecule has 0 amide bonds. The molecule has 0 aliphatic carbocycles. The molecule has 0 spiro atoms. The zero-order chi connectivity index (χ0) is 33.1. The van der Waals surface area contributed by atoms with Crippen LogP contribution in [0.5, 0.6) is 5.75 Å². The Morgan fingerprint density at radius 2 is 0.872 bits per heavy atom. The largest absolute Gasteiger partial charge is 0.507 e. The van der Waals surface area contributed by atoms with Crippen LogP contribution >= 0.6 is 0 Å². The Bertz CT molecular complexity index is 1860. The van der Waals surface area contributed by atoms with Crippen LogP contribution in [0.2, 0.25) is 0 Å². The molecule has 47 heavy (non-hydrogen) atoms. The molecule has 0 saturated heterocycles. The molecular weight excluding hydrogens is 571 g/mol. The molecule has 0 aliphatic rings. The van der Waals surface area contributed by atoms with Crippen LogP contribution < -0.4 is 0 Å². The summed E-state index contributed by atoms with van der Waals surface area (Å²) in [5.74, 6) is 0.279. The highest BCUT2D eigenvalue weighted by molar-refractivity contribution is 5.87. The molecule has 2 heteroatoms. The average Bonchev–Trinajstić information content (AvgIpc) is 3.10. The Balaban J connectivity index is 1.44. The van der Waals surface area contributed by atoms with Crippen molar-refractivity contribution in [2.45, 2.75) is 50.9 Å². The summed E-state index contributed by atoms with van der Waals surface area (Å²) < 4.78 is 0. The molecule has 234 valence electrons. The second kappa shape index (κ2) is 12.9. The van der Waals surface area contributed by atoms with Gasteiger partial charge in [-0.25, -0.2) is 0 Å². The molecule has 6 rings (SSSR count). The number of rotatable bonds is 8. The molecule has 0 radical (unpaired) electrons. The molecule has 0 bridgehead atoms. The van der Waals surface area contributed by atoms with Crippen molar-refractivity contribution in [1.29, 1.82) is 0 Å². The molecule has 0 aliphatic heterocycles. The fourth-order valence-corrected chi connectivity index (χ4v) is 6.72. The lowest BCUT2D eigenvalue weighted by Gasteiger charge is -2.36. The van der Waals surface area contributed by atoms with Gasteiger partial charge in [-0.05, 0) is 57.0 Å². The molecular formula is C45H43NO. The van der Waals surface area contributed by atoms with Gasteiger partial charge in [-0.15, -0.1) is 0 Å². The minimum absolute atomic E-state index is 0.243. The first-order chi connectivity index (χ1) is 22.6. The summed E-state index contributed by atoms with van der Waals surface area (Å²) in [5, 5.41) is 11.5. The first-order valence-corrected chi connectivity index (χ1v) is 16.4. The van der Waals surface area contributed by atoms with E-state index >= 15 is 0 Å². The highest BCUT2D eigenvalue weighted by atomic mass is 16.3. The van der Waals surface area contributed by atoms with E-state index in [2.05, 4.69) is 186 Å². The van der Waals surface area contributed by atoms with Gasteiger partial charge in [0, 0.05) is 22.8 Å². The predicted octanol–water partition coefficient (Wildman–Crippen LogP) is 11.1. The van der Waals surface area contributed by atoms with Crippen molar-refractivity contribution in [3.63, 3.8) is 0 Å². The Hall–Kier alpha value is -5.21. The van der Waals surface area contributed by atoms with Crippen molar-refractivity contribution in [3.05, 3.63) is 202 Å². The quantitative estimate of drug-likeness (QED) is 0.134. The first kappa shape index (κ1) is 31.8. The number of hydrogen-bond acceptors (Lipinski definition) is 2. The summed E-state index contributed by atoms with van der Waals surface area (Å²) >= 11 is 0. The van der Waals surface area contributed by atoms with Gasteiger partial charge in [0.15, 0.2) is 0 Å². The van der Waals surface area contributed by atoms with Gasteiger partial charge in [0.05, 0.1) is 11.1 Å². The maximum absolute atomic E-state index is 11.5. The minimum Gasteiger partial charge on any atom is -0.507 e. The van der Waals surface area contributed by atoms with E-state index in [4.69, 9.17) is 4.99 Å². The summed E-state index contributed by atoms with van der Waals surface area (Å²) in [4.78, 5) is 4.91. The third kappa shape index (κ3) is 6.16. The Morgan fingerprint density at radius 1 is 0.468 bits per heavy atom. The van der Waals surface area contributed by atoms with E-state index in [1.165, 1.54) is 22.3 Å². The van der Waals surface area contributed by atoms with Crippen LogP contribution in [0, 0.1) is 0 Å². The van der Waals surface area contributed by atoms with E-state index in [1.807, 2.05) is 12.3 Å². The fourth-order valence-electron chi connectivity index (χ4n) is 6.72. The van der Waals surface area contributed by atoms with Gasteiger partial charge >= 0.3 is 0 Å². The summed E-state index contributed by atoms with van der Waals surface area (Å²) in [7, 11) is 0. The standard InChI is InChI=1S/C45H43NO/c1-43(2,3)41-31-39(44(4,5)34-18-10-6-11-19-34)30-33(42(41)47)32-46-40-28-26-38(27-29-40)45(35-20-12-7-13-21-35,36-22-14-8-15-23-36)37-24-16-9-17-25-37/h6-32,47H,1-5H3. The second-order valence-electron chi connectivity index (χ2n) is 13.9. The van der Waals surface area contributed by atoms with Crippen LogP contribution in [-0.2, 0) is 16.2 Å². The molecule has 0 saturated carbocycles. The van der Waals surface area contributed by atoms with Gasteiger partial charge in [0.25, 0.3) is 0 Å². The monoisotopic (exact) mass is 613 g/mol. The van der Waals surface area contributed by atoms with Crippen molar-refractivity contribution in [2.75, 3.05) is 0 Å². The summed E-state index contributed by atoms with van der Waals surface area (Å²) in [5.41, 5.74) is 8.56. The molecule has 0 aromatic heterocycles. The zero-order valence-corrected chi connectivity index (χ0v) is 28.0. The van der Waals surface area contributed by atoms with Crippen LogP contribution in [0.25, 0.3) is 0 Å². The number of phenolic OH excluding ortho intramolecular Hbond substituents is 1. The smallest absolute Gasteiger partial charge is 0.128 e. The first-order valence-electron chi connectivity index (χ1n) is 16.4. The van der Waals surface area contributed by atoms with Gasteiger partial charge in [-0.2, -0.15) is 0 Å². The van der Waals surface area contributed by atoms with E-state index in [1.54, 1.807) is 0 Å². The number of hydrogen-bond donors (Lipinski definition) is 1. The second-order valence-corrected chi connectivity index (χ2v) is 13.9. The molecule has 0 atom stereocenters. The number of aliphatic imine (C=N–C) groups is 1. The summed E-state index contributed by atoms with van der Waals surface area (Å²) in [6.07, 6.45) is 1.81. The van der Waals surface area contributed by atoms with Crippen molar-refractivity contribution in [1.82, 2.24) is 0 Å². The van der Waals surface area contributed by atoms with Gasteiger partial charge in [-0.1, -0.05) is 174 Å². The lowest BCUT2D eigenvalue weighted by atomic mass is 9.65. The van der Waals surface area contributed by atoms with E-state index in [9.17, 15) is 5.11 Å². The summed E-state index contributed by atoms with van der Waals surface area (Å²) in [6, 6.07) is 55.5. The maximum Gasteiger partial charge on any atom is 0.128 e. The lowest BCUT2D eigenvalue weighted by molar-refractivity contribution is 0.444. The zero-order valence-electron chi connectivity index (χ0n) is 28.0. The topological polar surface area (TPSA) is 32.6 Å². The SMILES string of the molecule is CC(C)(C)c1cc(C(C)(C)c2ccccc2)cc(C=Nc2ccc(C(c3ccccc3)(c3ccccc3)c3ccccc3)cc2)c1O. The highest BCUT2D eigenvalue weighted by Crippen LogP contribution is 2.45. The normalized spacial score (nSPS) is 12.4. The van der Waals surface area contributed by atoms with Crippen molar-refractivity contribution in [2.24, 2.45) is 4.99 Å². The van der Waals surface area contributed by atoms with E-state index in [0.717, 1.165) is 22.4 Å². The van der Waals surface area contributed by atoms with Crippen molar-refractivity contribution >= 4 is 11.9 Å². The molecule has 6 aromatic carbocycles. The van der Waals surface area contributed by atoms with Gasteiger partial charge < -0.3 is 5.11 Å². The van der Waals surface area contributed by atoms with Gasteiger partial charge in [0.1, 0.15) is 5.75 Å². The molecule has 0 unspecified atom stereocenters. The number of phenols is 1. The number of aromatic hydroxyl groups is 1. The van der Waals surface area contributed by atoms with Crippen molar-refractivity contribution in [3.8, 4) is 5.75 Å². The van der Waals surface area contributed by atoms with Crippen LogP contribution in [0.4, 0.5) is 5.69 Å². The van der Waals surface area contributed by atoms with Gasteiger partial charge in [-0.3, -0.25) is 4.99 Å². The minimum atomic E-state index is -0.511. The van der Waals surface area contributed by atoms with E-state index < -0.39 is 5.41 Å². The van der Waals surface area contributed by atoms with Gasteiger partial charge in [0.2, 0.25) is 0 Å². The third-order valence-corrected chi connectivity index (χ3v) is 9.44. The predicted molar refractivity (Wildman–Crippen MR) is 197 cm³/mol.